The summed E-state index contributed by atoms with van der Waals surface area (Å²) in [5.41, 5.74) is 5.19. The van der Waals surface area contributed by atoms with E-state index in [0.717, 1.165) is 43.7 Å². The van der Waals surface area contributed by atoms with E-state index in [1.54, 1.807) is 4.90 Å². The lowest BCUT2D eigenvalue weighted by atomic mass is 10.0. The Labute approximate surface area is 199 Å². The van der Waals surface area contributed by atoms with E-state index in [-0.39, 0.29) is 11.8 Å². The molecule has 0 aliphatic carbocycles. The van der Waals surface area contributed by atoms with Crippen molar-refractivity contribution in [3.8, 4) is 0 Å². The quantitative estimate of drug-likeness (QED) is 0.611. The Morgan fingerprint density at radius 1 is 0.971 bits per heavy atom. The monoisotopic (exact) mass is 458 g/mol. The number of pyridine rings is 1. The van der Waals surface area contributed by atoms with Gasteiger partial charge in [0, 0.05) is 82.3 Å². The molecule has 0 saturated carbocycles. The van der Waals surface area contributed by atoms with Gasteiger partial charge in [-0.05, 0) is 29.7 Å². The van der Waals surface area contributed by atoms with Gasteiger partial charge in [-0.3, -0.25) is 24.2 Å². The van der Waals surface area contributed by atoms with Gasteiger partial charge >= 0.3 is 0 Å². The molecule has 0 unspecified atom stereocenters. The number of hydrogen-bond donors (Lipinski definition) is 1. The van der Waals surface area contributed by atoms with Crippen molar-refractivity contribution in [2.75, 3.05) is 26.2 Å². The minimum atomic E-state index is -0.0722. The van der Waals surface area contributed by atoms with Crippen molar-refractivity contribution in [3.05, 3.63) is 82.9 Å². The number of hydrogen-bond acceptors (Lipinski definition) is 5. The molecule has 176 valence electrons. The summed E-state index contributed by atoms with van der Waals surface area (Å²) in [4.78, 5) is 33.6. The van der Waals surface area contributed by atoms with Crippen LogP contribution in [0.25, 0.3) is 0 Å². The fraction of sp³-hybridized carbons (Fsp3) is 0.385. The predicted octanol–water partition coefficient (Wildman–Crippen LogP) is 2.04. The highest BCUT2D eigenvalue weighted by Crippen LogP contribution is 2.26. The summed E-state index contributed by atoms with van der Waals surface area (Å²) in [5, 5.41) is 7.71. The van der Waals surface area contributed by atoms with Crippen LogP contribution < -0.4 is 5.32 Å². The molecule has 8 nitrogen and oxygen atoms in total. The van der Waals surface area contributed by atoms with Crippen LogP contribution in [0.4, 0.5) is 0 Å². The lowest BCUT2D eigenvalue weighted by Crippen LogP contribution is -2.36. The van der Waals surface area contributed by atoms with Gasteiger partial charge in [0.25, 0.3) is 5.91 Å². The van der Waals surface area contributed by atoms with Gasteiger partial charge in [0.05, 0.1) is 0 Å². The summed E-state index contributed by atoms with van der Waals surface area (Å²) in [6.45, 7) is 4.58. The van der Waals surface area contributed by atoms with Crippen molar-refractivity contribution in [2.24, 2.45) is 0 Å². The Hall–Kier alpha value is -3.52. The molecule has 0 radical (unpaired) electrons. The van der Waals surface area contributed by atoms with Crippen molar-refractivity contribution in [1.82, 2.24) is 29.9 Å². The van der Waals surface area contributed by atoms with Crippen LogP contribution >= 0.6 is 0 Å². The summed E-state index contributed by atoms with van der Waals surface area (Å²) in [6, 6.07) is 14.4. The molecule has 4 heterocycles. The number of amides is 2. The van der Waals surface area contributed by atoms with E-state index in [1.807, 2.05) is 35.3 Å². The van der Waals surface area contributed by atoms with Crippen molar-refractivity contribution in [1.29, 1.82) is 0 Å². The smallest absolute Gasteiger partial charge is 0.274 e. The molecular weight excluding hydrogens is 428 g/mol. The van der Waals surface area contributed by atoms with Crippen LogP contribution in [0.2, 0.25) is 0 Å². The van der Waals surface area contributed by atoms with Crippen molar-refractivity contribution < 1.29 is 9.59 Å². The number of benzene rings is 1. The number of aromatic nitrogens is 3. The van der Waals surface area contributed by atoms with Crippen molar-refractivity contribution >= 4 is 11.8 Å². The molecule has 5 rings (SSSR count). The summed E-state index contributed by atoms with van der Waals surface area (Å²) in [5.74, 6) is -0.0776. The Balaban J connectivity index is 1.40. The third-order valence-electron chi connectivity index (χ3n) is 6.63. The highest BCUT2D eigenvalue weighted by molar-refractivity contribution is 5.94. The van der Waals surface area contributed by atoms with Gasteiger partial charge in [0.15, 0.2) is 5.69 Å². The first-order valence-electron chi connectivity index (χ1n) is 12.0. The highest BCUT2D eigenvalue weighted by Gasteiger charge is 2.31. The summed E-state index contributed by atoms with van der Waals surface area (Å²) < 4.78 is 2.04. The molecule has 3 aromatic rings. The second-order valence-corrected chi connectivity index (χ2v) is 8.94. The van der Waals surface area contributed by atoms with Gasteiger partial charge in [-0.15, -0.1) is 0 Å². The third-order valence-corrected chi connectivity index (χ3v) is 6.63. The number of aryl methyl sites for hydroxylation is 2. The van der Waals surface area contributed by atoms with E-state index in [0.29, 0.717) is 38.3 Å². The maximum atomic E-state index is 13.6. The average molecular weight is 459 g/mol. The van der Waals surface area contributed by atoms with Crippen LogP contribution in [0, 0.1) is 0 Å². The zero-order valence-electron chi connectivity index (χ0n) is 19.3. The molecule has 1 saturated heterocycles. The number of fused-ring (bicyclic) bond motifs is 1. The molecule has 1 fully saturated rings. The number of carbonyl (C=O) groups is 2. The summed E-state index contributed by atoms with van der Waals surface area (Å²) >= 11 is 0. The molecular formula is C26H30N6O2. The topological polar surface area (TPSA) is 83.4 Å². The molecule has 0 bridgehead atoms. The second-order valence-electron chi connectivity index (χ2n) is 8.94. The van der Waals surface area contributed by atoms with Crippen LogP contribution in [-0.4, -0.2) is 62.6 Å². The lowest BCUT2D eigenvalue weighted by Gasteiger charge is -2.28. The Morgan fingerprint density at radius 2 is 1.79 bits per heavy atom. The zero-order valence-corrected chi connectivity index (χ0v) is 19.3. The molecule has 2 amide bonds. The van der Waals surface area contributed by atoms with E-state index in [2.05, 4.69) is 39.5 Å². The van der Waals surface area contributed by atoms with Gasteiger partial charge in [-0.2, -0.15) is 5.10 Å². The second kappa shape index (κ2) is 10.2. The van der Waals surface area contributed by atoms with Gasteiger partial charge in [0.2, 0.25) is 5.91 Å². The molecule has 0 spiro atoms. The molecule has 2 aromatic heterocycles. The minimum Gasteiger partial charge on any atom is -0.354 e. The molecule has 0 atom stereocenters. The predicted molar refractivity (Wildman–Crippen MR) is 128 cm³/mol. The normalized spacial score (nSPS) is 16.6. The number of rotatable bonds is 6. The maximum absolute atomic E-state index is 13.6. The van der Waals surface area contributed by atoms with Gasteiger partial charge in [-0.25, -0.2) is 0 Å². The Bertz CT molecular complexity index is 1140. The van der Waals surface area contributed by atoms with Gasteiger partial charge in [0.1, 0.15) is 0 Å². The molecule has 2 aliphatic heterocycles. The van der Waals surface area contributed by atoms with Crippen LogP contribution in [0.15, 0.2) is 54.9 Å². The molecule has 2 aliphatic rings. The number of nitrogens with zero attached hydrogens (tertiary/aromatic N) is 5. The molecule has 8 heteroatoms. The fourth-order valence-electron chi connectivity index (χ4n) is 4.78. The first kappa shape index (κ1) is 22.3. The summed E-state index contributed by atoms with van der Waals surface area (Å²) in [6.07, 6.45) is 5.68. The van der Waals surface area contributed by atoms with E-state index in [1.165, 1.54) is 11.1 Å². The van der Waals surface area contributed by atoms with Crippen molar-refractivity contribution in [2.45, 2.75) is 38.9 Å². The lowest BCUT2D eigenvalue weighted by molar-refractivity contribution is -0.120. The van der Waals surface area contributed by atoms with Crippen LogP contribution in [-0.2, 0) is 37.3 Å². The molecule has 1 aromatic carbocycles. The van der Waals surface area contributed by atoms with Crippen LogP contribution in [0.5, 0.6) is 0 Å². The largest absolute Gasteiger partial charge is 0.354 e. The Kier molecular flexibility index (Phi) is 6.67. The molecule has 34 heavy (non-hydrogen) atoms. The van der Waals surface area contributed by atoms with E-state index in [9.17, 15) is 9.59 Å². The number of carbonyl (C=O) groups excluding carboxylic acids is 2. The van der Waals surface area contributed by atoms with Crippen LogP contribution in [0.1, 0.15) is 39.3 Å². The zero-order chi connectivity index (χ0) is 23.3. The first-order valence-corrected chi connectivity index (χ1v) is 12.0. The Morgan fingerprint density at radius 3 is 2.62 bits per heavy atom. The fourth-order valence-corrected chi connectivity index (χ4v) is 4.78. The van der Waals surface area contributed by atoms with Gasteiger partial charge in [-0.1, -0.05) is 30.3 Å². The first-order chi connectivity index (χ1) is 16.7. The maximum Gasteiger partial charge on any atom is 0.274 e. The summed E-state index contributed by atoms with van der Waals surface area (Å²) in [7, 11) is 0. The number of nitrogens with one attached hydrogen (secondary N) is 1. The van der Waals surface area contributed by atoms with E-state index in [4.69, 9.17) is 5.10 Å². The standard InChI is InChI=1S/C26H30N6O2/c33-24-10-15-31(17-13-28-24)26(34)25-22-19-30(18-21-6-11-27-12-7-21)14-9-23(22)32(29-25)16-8-20-4-2-1-3-5-20/h1-7,11-12H,8-10,13-19H2,(H,28,33). The SMILES string of the molecule is O=C1CCN(C(=O)c2nn(CCc3ccccc3)c3c2CN(Cc2ccncc2)CC3)CCN1. The van der Waals surface area contributed by atoms with E-state index < -0.39 is 0 Å². The van der Waals surface area contributed by atoms with Crippen LogP contribution in [0.3, 0.4) is 0 Å². The minimum absolute atomic E-state index is 0.00533. The van der Waals surface area contributed by atoms with Gasteiger partial charge < -0.3 is 10.2 Å². The third kappa shape index (κ3) is 5.02. The average Bonchev–Trinajstić information content (AvgIpc) is 3.08. The highest BCUT2D eigenvalue weighted by atomic mass is 16.2. The van der Waals surface area contributed by atoms with E-state index >= 15 is 0 Å². The molecule has 1 N–H and O–H groups in total. The van der Waals surface area contributed by atoms with Crippen molar-refractivity contribution in [3.63, 3.8) is 0 Å².